The summed E-state index contributed by atoms with van der Waals surface area (Å²) < 4.78 is 168. The highest BCUT2D eigenvalue weighted by Crippen LogP contribution is 2.32. The Labute approximate surface area is 301 Å². The molecule has 3 aromatic carbocycles. The third-order valence-corrected chi connectivity index (χ3v) is 8.73. The van der Waals surface area contributed by atoms with E-state index in [-0.39, 0.29) is 35.1 Å². The van der Waals surface area contributed by atoms with Crippen LogP contribution in [0.1, 0.15) is 71.6 Å². The minimum absolute atomic E-state index is 0.0921. The van der Waals surface area contributed by atoms with Crippen LogP contribution in [0.2, 0.25) is 0 Å². The van der Waals surface area contributed by atoms with Crippen molar-refractivity contribution in [3.8, 4) is 11.1 Å². The molecule has 1 aliphatic rings. The van der Waals surface area contributed by atoms with E-state index in [2.05, 4.69) is 4.98 Å². The molecule has 0 atom stereocenters. The van der Waals surface area contributed by atoms with Crippen LogP contribution in [0.3, 0.4) is 0 Å². The van der Waals surface area contributed by atoms with E-state index >= 15 is 0 Å². The summed E-state index contributed by atoms with van der Waals surface area (Å²) in [4.78, 5) is 34.6. The summed E-state index contributed by atoms with van der Waals surface area (Å²) in [5.41, 5.74) is -4.61. The molecule has 4 aromatic rings. The molecular formula is C37H40F4N4O2S. The molecule has 0 saturated heterocycles. The van der Waals surface area contributed by atoms with Gasteiger partial charge in [-0.25, -0.2) is 4.39 Å². The van der Waals surface area contributed by atoms with Gasteiger partial charge in [-0.1, -0.05) is 67.9 Å². The maximum atomic E-state index is 14.7. The Morgan fingerprint density at radius 3 is 2.35 bits per heavy atom. The van der Waals surface area contributed by atoms with Gasteiger partial charge in [0, 0.05) is 36.6 Å². The highest BCUT2D eigenvalue weighted by molar-refractivity contribution is 7.98. The molecule has 0 radical (unpaired) electrons. The van der Waals surface area contributed by atoms with Crippen LogP contribution in [-0.4, -0.2) is 51.4 Å². The van der Waals surface area contributed by atoms with Gasteiger partial charge < -0.3 is 14.4 Å². The van der Waals surface area contributed by atoms with Crippen molar-refractivity contribution < 1.29 is 40.2 Å². The fourth-order valence-electron chi connectivity index (χ4n) is 5.09. The molecule has 6 nitrogen and oxygen atoms in total. The molecule has 0 bridgehead atoms. The zero-order valence-corrected chi connectivity index (χ0v) is 27.2. The predicted octanol–water partition coefficient (Wildman–Crippen LogP) is 7.53. The Balaban J connectivity index is 1.65. The van der Waals surface area contributed by atoms with Gasteiger partial charge in [0.2, 0.25) is 5.91 Å². The quantitative estimate of drug-likeness (QED) is 0.0824. The molecule has 0 spiro atoms. The van der Waals surface area contributed by atoms with Crippen molar-refractivity contribution >= 4 is 17.7 Å². The number of hydrogen-bond acceptors (Lipinski definition) is 5. The number of nitrogens with zero attached hydrogens (tertiary/aromatic N) is 4. The number of amides is 1. The predicted molar refractivity (Wildman–Crippen MR) is 181 cm³/mol. The monoisotopic (exact) mass is 693 g/mol. The molecule has 0 fully saturated rings. The first-order valence-corrected chi connectivity index (χ1v) is 16.1. The Bertz CT molecular complexity index is 2410. The van der Waals surface area contributed by atoms with Crippen LogP contribution in [0, 0.1) is 12.7 Å². The van der Waals surface area contributed by atoms with E-state index in [1.54, 1.807) is 0 Å². The van der Waals surface area contributed by atoms with Crippen molar-refractivity contribution in [3.05, 3.63) is 116 Å². The number of aromatic nitrogens is 2. The van der Waals surface area contributed by atoms with E-state index in [1.807, 2.05) is 18.7 Å². The van der Waals surface area contributed by atoms with Crippen LogP contribution in [0.5, 0.6) is 0 Å². The Hall–Kier alpha value is -3.96. The number of hydrogen-bond donors (Lipinski definition) is 0. The van der Waals surface area contributed by atoms with Crippen LogP contribution in [-0.2, 0) is 42.6 Å². The molecule has 5 rings (SSSR count). The standard InChI is InChI=1S/C37H40F4N4O2S/c1-4-43(5-2)19-20-44(22-29-12-11-28(21-25(29)3)27-13-15-30(16-14-27)37(39,40)41)34(46)23-45-33-8-6-7-32(33)35(47)42-36(45)48-24-26-9-17-31(38)18-10-26/h9-18,21H,4-8,19-20,22-24H2,1-3H3/i9D,10D,11D,12D,13D,14D,15D,16D,17D,18D,21D,22D2. The number of fused-ring (bicyclic) bond motifs is 1. The average molecular weight is 694 g/mol. The van der Waals surface area contributed by atoms with Crippen LogP contribution in [0.4, 0.5) is 17.6 Å². The topological polar surface area (TPSA) is 58.4 Å². The summed E-state index contributed by atoms with van der Waals surface area (Å²) in [5.74, 6) is -2.61. The average Bonchev–Trinajstić information content (AvgIpc) is 3.69. The molecule has 254 valence electrons. The van der Waals surface area contributed by atoms with Gasteiger partial charge in [0.05, 0.1) is 23.4 Å². The molecule has 0 saturated carbocycles. The Morgan fingerprint density at radius 2 is 1.69 bits per heavy atom. The van der Waals surface area contributed by atoms with Crippen LogP contribution >= 0.6 is 11.8 Å². The normalized spacial score (nSPS) is 17.0. The minimum atomic E-state index is -5.29. The highest BCUT2D eigenvalue weighted by Gasteiger charge is 2.30. The molecule has 1 aliphatic carbocycles. The first-order valence-electron chi connectivity index (χ1n) is 21.7. The van der Waals surface area contributed by atoms with Crippen LogP contribution in [0.15, 0.2) is 76.4 Å². The largest absolute Gasteiger partial charge is 0.416 e. The first kappa shape index (κ1) is 21.9. The van der Waals surface area contributed by atoms with E-state index in [0.717, 1.165) is 16.7 Å². The lowest BCUT2D eigenvalue weighted by atomic mass is 9.98. The summed E-state index contributed by atoms with van der Waals surface area (Å²) in [5, 5.41) is -0.0930. The maximum absolute atomic E-state index is 14.7. The summed E-state index contributed by atoms with van der Waals surface area (Å²) >= 11 is 0.780. The molecule has 48 heavy (non-hydrogen) atoms. The molecule has 0 aliphatic heterocycles. The summed E-state index contributed by atoms with van der Waals surface area (Å²) in [7, 11) is 0. The van der Waals surface area contributed by atoms with Gasteiger partial charge in [-0.3, -0.25) is 9.59 Å². The molecule has 0 N–H and O–H groups in total. The lowest BCUT2D eigenvalue weighted by Crippen LogP contribution is -2.40. The second kappa shape index (κ2) is 15.5. The lowest BCUT2D eigenvalue weighted by Gasteiger charge is -2.28. The third kappa shape index (κ3) is 8.54. The molecular weight excluding hydrogens is 640 g/mol. The summed E-state index contributed by atoms with van der Waals surface area (Å²) in [6.45, 7) is 1.90. The number of carbonyl (C=O) groups excluding carboxylic acids is 1. The van der Waals surface area contributed by atoms with Crippen molar-refractivity contribution in [1.29, 1.82) is 0 Å². The van der Waals surface area contributed by atoms with Crippen molar-refractivity contribution in [1.82, 2.24) is 19.4 Å². The van der Waals surface area contributed by atoms with E-state index in [1.165, 1.54) is 11.5 Å². The molecule has 11 heteroatoms. The molecule has 0 unspecified atom stereocenters. The number of halogens is 4. The molecule has 1 heterocycles. The van der Waals surface area contributed by atoms with Crippen molar-refractivity contribution in [2.24, 2.45) is 0 Å². The van der Waals surface area contributed by atoms with Crippen LogP contribution in [0.25, 0.3) is 11.1 Å². The van der Waals surface area contributed by atoms with Crippen molar-refractivity contribution in [3.63, 3.8) is 0 Å². The number of rotatable bonds is 13. The van der Waals surface area contributed by atoms with Crippen LogP contribution < -0.4 is 5.56 Å². The van der Waals surface area contributed by atoms with Gasteiger partial charge in [-0.2, -0.15) is 18.2 Å². The van der Waals surface area contributed by atoms with Gasteiger partial charge in [0.1, 0.15) is 12.4 Å². The fourth-order valence-corrected chi connectivity index (χ4v) is 5.98. The van der Waals surface area contributed by atoms with E-state index < -0.39 is 125 Å². The van der Waals surface area contributed by atoms with Gasteiger partial charge in [0.15, 0.2) is 5.16 Å². The second-order valence-corrected chi connectivity index (χ2v) is 11.8. The number of thioether (sulfide) groups is 1. The maximum Gasteiger partial charge on any atom is 0.416 e. The smallest absolute Gasteiger partial charge is 0.336 e. The lowest BCUT2D eigenvalue weighted by molar-refractivity contribution is -0.137. The fraction of sp³-hybridized carbons (Fsp3) is 0.378. The molecule has 1 aromatic heterocycles. The zero-order valence-electron chi connectivity index (χ0n) is 39.4. The molecule has 1 amide bonds. The number of likely N-dealkylation sites (N-methyl/N-ethyl adjacent to an activating group) is 1. The Morgan fingerprint density at radius 1 is 1.00 bits per heavy atom. The van der Waals surface area contributed by atoms with E-state index in [0.29, 0.717) is 43.6 Å². The first-order chi connectivity index (χ1) is 28.3. The summed E-state index contributed by atoms with van der Waals surface area (Å²) in [6.07, 6.45) is -4.16. The second-order valence-electron chi connectivity index (χ2n) is 10.8. The highest BCUT2D eigenvalue weighted by atomic mass is 32.2. The van der Waals surface area contributed by atoms with Crippen molar-refractivity contribution in [2.75, 3.05) is 26.2 Å². The third-order valence-electron chi connectivity index (χ3n) is 7.73. The zero-order chi connectivity index (χ0) is 45.8. The van der Waals surface area contributed by atoms with Gasteiger partial charge >= 0.3 is 6.18 Å². The van der Waals surface area contributed by atoms with E-state index in [4.69, 9.17) is 15.1 Å². The summed E-state index contributed by atoms with van der Waals surface area (Å²) in [6, 6.07) is -11.3. The SMILES string of the molecule is [2H]c1c([2H])c(CSc2nc(=O)c3c(n2CC(=O)N(CCN(CC)CC)C([2H])([2H])c2c([2H])c([2H])c(-c4c([2H])c([2H])c(C(F)(F)F)c([2H])c4[2H])c([2H])c2C)CCC3)c([2H])c([2H])c1F. The van der Waals surface area contributed by atoms with Gasteiger partial charge in [-0.15, -0.1) is 0 Å². The van der Waals surface area contributed by atoms with E-state index in [9.17, 15) is 29.9 Å². The van der Waals surface area contributed by atoms with Gasteiger partial charge in [-0.05, 0) is 91.3 Å². The Kier molecular flexibility index (Phi) is 7.07. The minimum Gasteiger partial charge on any atom is -0.336 e. The number of benzene rings is 3. The van der Waals surface area contributed by atoms with Crippen molar-refractivity contribution in [2.45, 2.75) is 70.2 Å². The van der Waals surface area contributed by atoms with Gasteiger partial charge in [0.25, 0.3) is 5.56 Å². The number of alkyl halides is 3. The number of carbonyl (C=O) groups is 1.